The van der Waals surface area contributed by atoms with E-state index >= 15 is 0 Å². The van der Waals surface area contributed by atoms with Crippen molar-refractivity contribution in [2.75, 3.05) is 0 Å². The average molecular weight is 448 g/mol. The Morgan fingerprint density at radius 1 is 0.818 bits per heavy atom. The fraction of sp³-hybridized carbons (Fsp3) is 0.111. The van der Waals surface area contributed by atoms with Crippen molar-refractivity contribution in [3.05, 3.63) is 101 Å². The number of phenols is 2. The topological polar surface area (TPSA) is 49.7 Å². The molecule has 0 bridgehead atoms. The van der Waals surface area contributed by atoms with Crippen LogP contribution in [0.25, 0.3) is 10.8 Å². The van der Waals surface area contributed by atoms with E-state index in [1.165, 1.54) is 24.3 Å². The van der Waals surface area contributed by atoms with Crippen molar-refractivity contribution < 1.29 is 28.1 Å². The Hall–Kier alpha value is -4.11. The van der Waals surface area contributed by atoms with Crippen LogP contribution < -0.4 is 4.74 Å². The molecule has 4 aromatic carbocycles. The summed E-state index contributed by atoms with van der Waals surface area (Å²) in [5.41, 5.74) is 2.83. The summed E-state index contributed by atoms with van der Waals surface area (Å²) in [5, 5.41) is 22.5. The van der Waals surface area contributed by atoms with Crippen molar-refractivity contribution in [3.8, 4) is 29.1 Å². The number of hydrogen-bond acceptors (Lipinski definition) is 3. The fourth-order valence-electron chi connectivity index (χ4n) is 3.51. The maximum atomic E-state index is 12.3. The second kappa shape index (κ2) is 9.17. The Morgan fingerprint density at radius 3 is 2.24 bits per heavy atom. The lowest BCUT2D eigenvalue weighted by Gasteiger charge is -2.11. The Bertz CT molecular complexity index is 1330. The van der Waals surface area contributed by atoms with Crippen LogP contribution in [0.1, 0.15) is 22.3 Å². The summed E-state index contributed by atoms with van der Waals surface area (Å²) in [6.45, 7) is 0. The Kier molecular flexibility index (Phi) is 6.14. The zero-order valence-corrected chi connectivity index (χ0v) is 17.4. The SMILES string of the molecule is Oc1cc2ccc(C#CCc3ccc(OC(F)(F)F)cc3)cc2c(O)c1Cc1ccccc1. The molecule has 0 fully saturated rings. The number of rotatable bonds is 4. The highest BCUT2D eigenvalue weighted by molar-refractivity contribution is 5.92. The maximum absolute atomic E-state index is 12.3. The smallest absolute Gasteiger partial charge is 0.507 e. The first-order valence-corrected chi connectivity index (χ1v) is 10.1. The summed E-state index contributed by atoms with van der Waals surface area (Å²) >= 11 is 0. The highest BCUT2D eigenvalue weighted by Gasteiger charge is 2.30. The van der Waals surface area contributed by atoms with Gasteiger partial charge in [-0.1, -0.05) is 60.4 Å². The molecule has 0 atom stereocenters. The largest absolute Gasteiger partial charge is 0.573 e. The van der Waals surface area contributed by atoms with Gasteiger partial charge in [0.15, 0.2) is 0 Å². The van der Waals surface area contributed by atoms with Crippen LogP contribution in [0, 0.1) is 11.8 Å². The van der Waals surface area contributed by atoms with Crippen LogP contribution >= 0.6 is 0 Å². The van der Waals surface area contributed by atoms with E-state index in [0.717, 1.165) is 11.1 Å². The van der Waals surface area contributed by atoms with Gasteiger partial charge in [-0.3, -0.25) is 0 Å². The first kappa shape index (κ1) is 22.1. The van der Waals surface area contributed by atoms with Gasteiger partial charge in [0.2, 0.25) is 0 Å². The first-order valence-electron chi connectivity index (χ1n) is 10.1. The fourth-order valence-corrected chi connectivity index (χ4v) is 3.51. The molecule has 6 heteroatoms. The van der Waals surface area contributed by atoms with Gasteiger partial charge < -0.3 is 14.9 Å². The van der Waals surface area contributed by atoms with Crippen molar-refractivity contribution in [2.45, 2.75) is 19.2 Å². The summed E-state index contributed by atoms with van der Waals surface area (Å²) < 4.78 is 40.6. The molecule has 4 aromatic rings. The lowest BCUT2D eigenvalue weighted by atomic mass is 9.97. The number of phenolic OH excluding ortho intramolecular Hbond substituents is 2. The van der Waals surface area contributed by atoms with Crippen molar-refractivity contribution in [3.63, 3.8) is 0 Å². The van der Waals surface area contributed by atoms with Crippen LogP contribution in [0.3, 0.4) is 0 Å². The third-order valence-corrected chi connectivity index (χ3v) is 5.10. The van der Waals surface area contributed by atoms with Crippen LogP contribution in [-0.4, -0.2) is 16.6 Å². The second-order valence-corrected chi connectivity index (χ2v) is 7.49. The summed E-state index contributed by atoms with van der Waals surface area (Å²) in [7, 11) is 0. The number of alkyl halides is 3. The molecule has 166 valence electrons. The monoisotopic (exact) mass is 448 g/mol. The molecule has 0 saturated heterocycles. The number of ether oxygens (including phenoxy) is 1. The number of aromatic hydroxyl groups is 2. The summed E-state index contributed by atoms with van der Waals surface area (Å²) in [6.07, 6.45) is -4.00. The molecule has 0 amide bonds. The van der Waals surface area contributed by atoms with E-state index in [9.17, 15) is 23.4 Å². The molecule has 4 rings (SSSR count). The van der Waals surface area contributed by atoms with E-state index < -0.39 is 6.36 Å². The molecule has 0 aromatic heterocycles. The van der Waals surface area contributed by atoms with Crippen LogP contribution in [0.5, 0.6) is 17.2 Å². The van der Waals surface area contributed by atoms with Crippen molar-refractivity contribution in [2.24, 2.45) is 0 Å². The molecule has 0 aliphatic carbocycles. The van der Waals surface area contributed by atoms with Gasteiger partial charge in [-0.2, -0.15) is 0 Å². The molecule has 0 spiro atoms. The number of halogens is 3. The Balaban J connectivity index is 1.54. The lowest BCUT2D eigenvalue weighted by molar-refractivity contribution is -0.274. The molecular formula is C27H19F3O3. The number of fused-ring (bicyclic) bond motifs is 1. The van der Waals surface area contributed by atoms with Gasteiger partial charge in [0.1, 0.15) is 17.2 Å². The minimum atomic E-state index is -4.72. The molecule has 3 nitrogen and oxygen atoms in total. The molecule has 2 N–H and O–H groups in total. The molecule has 0 aliphatic rings. The zero-order chi connectivity index (χ0) is 23.4. The van der Waals surface area contributed by atoms with Gasteiger partial charge in [0, 0.05) is 29.4 Å². The van der Waals surface area contributed by atoms with Crippen LogP contribution in [0.2, 0.25) is 0 Å². The van der Waals surface area contributed by atoms with Crippen molar-refractivity contribution >= 4 is 10.8 Å². The summed E-state index contributed by atoms with van der Waals surface area (Å²) in [6, 6.07) is 22.0. The maximum Gasteiger partial charge on any atom is 0.573 e. The molecule has 0 aliphatic heterocycles. The highest BCUT2D eigenvalue weighted by atomic mass is 19.4. The molecule has 0 radical (unpaired) electrons. The number of hydrogen-bond donors (Lipinski definition) is 2. The molecule has 0 saturated carbocycles. The van der Waals surface area contributed by atoms with Gasteiger partial charge in [-0.25, -0.2) is 0 Å². The zero-order valence-electron chi connectivity index (χ0n) is 17.4. The average Bonchev–Trinajstić information content (AvgIpc) is 2.78. The van der Waals surface area contributed by atoms with Crippen molar-refractivity contribution in [1.82, 2.24) is 0 Å². The van der Waals surface area contributed by atoms with Gasteiger partial charge in [-0.15, -0.1) is 13.2 Å². The van der Waals surface area contributed by atoms with Gasteiger partial charge in [0.25, 0.3) is 0 Å². The van der Waals surface area contributed by atoms with E-state index in [4.69, 9.17) is 0 Å². The van der Waals surface area contributed by atoms with Gasteiger partial charge in [0.05, 0.1) is 0 Å². The number of benzene rings is 4. The summed E-state index contributed by atoms with van der Waals surface area (Å²) in [5.74, 6) is 5.77. The third kappa shape index (κ3) is 5.58. The first-order chi connectivity index (χ1) is 15.8. The third-order valence-electron chi connectivity index (χ3n) is 5.10. The Labute approximate surface area is 188 Å². The highest BCUT2D eigenvalue weighted by Crippen LogP contribution is 2.37. The van der Waals surface area contributed by atoms with Crippen molar-refractivity contribution in [1.29, 1.82) is 0 Å². The minimum Gasteiger partial charge on any atom is -0.507 e. The van der Waals surface area contributed by atoms with Gasteiger partial charge in [-0.05, 0) is 46.8 Å². The predicted molar refractivity (Wildman–Crippen MR) is 120 cm³/mol. The second-order valence-electron chi connectivity index (χ2n) is 7.49. The molecule has 33 heavy (non-hydrogen) atoms. The standard InChI is InChI=1S/C27H19F3O3/c28-27(29,30)33-22-13-10-18(11-14-22)7-4-8-20-9-12-21-17-25(31)24(26(32)23(21)15-20)16-19-5-2-1-3-6-19/h1-3,5-6,9-15,17,31-32H,7,16H2. The van der Waals surface area contributed by atoms with E-state index in [1.807, 2.05) is 30.3 Å². The van der Waals surface area contributed by atoms with E-state index in [0.29, 0.717) is 34.7 Å². The quantitative estimate of drug-likeness (QED) is 0.359. The normalized spacial score (nSPS) is 11.1. The van der Waals surface area contributed by atoms with E-state index in [1.54, 1.807) is 24.3 Å². The lowest BCUT2D eigenvalue weighted by Crippen LogP contribution is -2.16. The van der Waals surface area contributed by atoms with E-state index in [-0.39, 0.29) is 17.2 Å². The van der Waals surface area contributed by atoms with Gasteiger partial charge >= 0.3 is 6.36 Å². The van der Waals surface area contributed by atoms with Crippen LogP contribution in [0.4, 0.5) is 13.2 Å². The van der Waals surface area contributed by atoms with Crippen LogP contribution in [-0.2, 0) is 12.8 Å². The van der Waals surface area contributed by atoms with Crippen LogP contribution in [0.15, 0.2) is 78.9 Å². The molecular weight excluding hydrogens is 429 g/mol. The molecule has 0 unspecified atom stereocenters. The molecule has 0 heterocycles. The Morgan fingerprint density at radius 2 is 1.55 bits per heavy atom. The summed E-state index contributed by atoms with van der Waals surface area (Å²) in [4.78, 5) is 0. The minimum absolute atomic E-state index is 0.0118. The van der Waals surface area contributed by atoms with E-state index in [2.05, 4.69) is 16.6 Å². The predicted octanol–water partition coefficient (Wildman–Crippen LogP) is 6.33.